The SMILES string of the molecule is NC[C@@H](C(=O)Nc1ccc(N2CCOCC2=O)cc1OC(F)F)N(CC(F)F)C1CC1. The molecule has 1 aliphatic heterocycles. The largest absolute Gasteiger partial charge is 0.433 e. The zero-order chi connectivity index (χ0) is 22.5. The molecule has 0 bridgehead atoms. The lowest BCUT2D eigenvalue weighted by atomic mass is 10.2. The summed E-state index contributed by atoms with van der Waals surface area (Å²) < 4.78 is 61.4. The van der Waals surface area contributed by atoms with Crippen LogP contribution in [0.3, 0.4) is 0 Å². The van der Waals surface area contributed by atoms with Gasteiger partial charge in [-0.3, -0.25) is 14.5 Å². The van der Waals surface area contributed by atoms with Crippen LogP contribution in [0, 0.1) is 0 Å². The maximum absolute atomic E-state index is 13.0. The average molecular weight is 448 g/mol. The number of nitrogens with zero attached hydrogens (tertiary/aromatic N) is 2. The number of amides is 2. The maximum atomic E-state index is 13.0. The monoisotopic (exact) mass is 448 g/mol. The molecule has 12 heteroatoms. The van der Waals surface area contributed by atoms with Gasteiger partial charge >= 0.3 is 6.61 Å². The molecule has 1 aromatic rings. The molecule has 2 amide bonds. The minimum atomic E-state index is -3.18. The Balaban J connectivity index is 1.81. The first-order valence-electron chi connectivity index (χ1n) is 9.82. The molecule has 0 spiro atoms. The first-order chi connectivity index (χ1) is 14.8. The summed E-state index contributed by atoms with van der Waals surface area (Å²) in [5.74, 6) is -1.41. The smallest absolute Gasteiger partial charge is 0.387 e. The van der Waals surface area contributed by atoms with Crippen LogP contribution in [0.2, 0.25) is 0 Å². The van der Waals surface area contributed by atoms with Crippen LogP contribution in [-0.2, 0) is 14.3 Å². The van der Waals surface area contributed by atoms with Crippen LogP contribution in [0.25, 0.3) is 0 Å². The molecular weight excluding hydrogens is 424 g/mol. The maximum Gasteiger partial charge on any atom is 0.387 e. The third kappa shape index (κ3) is 6.05. The van der Waals surface area contributed by atoms with Gasteiger partial charge in [-0.25, -0.2) is 8.78 Å². The predicted octanol–water partition coefficient (Wildman–Crippen LogP) is 1.65. The molecule has 0 radical (unpaired) electrons. The van der Waals surface area contributed by atoms with Gasteiger partial charge in [-0.05, 0) is 25.0 Å². The van der Waals surface area contributed by atoms with Crippen molar-refractivity contribution in [3.05, 3.63) is 18.2 Å². The number of halogens is 4. The van der Waals surface area contributed by atoms with Crippen LogP contribution in [0.1, 0.15) is 12.8 Å². The Morgan fingerprint density at radius 2 is 2.06 bits per heavy atom. The molecule has 31 heavy (non-hydrogen) atoms. The Hall–Kier alpha value is -2.44. The highest BCUT2D eigenvalue weighted by molar-refractivity contribution is 5.98. The van der Waals surface area contributed by atoms with E-state index in [0.29, 0.717) is 18.5 Å². The van der Waals surface area contributed by atoms with E-state index < -0.39 is 31.5 Å². The summed E-state index contributed by atoms with van der Waals surface area (Å²) in [6.45, 7) is -3.63. The second-order valence-corrected chi connectivity index (χ2v) is 7.22. The van der Waals surface area contributed by atoms with Crippen LogP contribution in [-0.4, -0.2) is 74.7 Å². The second-order valence-electron chi connectivity index (χ2n) is 7.22. The van der Waals surface area contributed by atoms with Crippen molar-refractivity contribution in [3.63, 3.8) is 0 Å². The topological polar surface area (TPSA) is 97.1 Å². The first kappa shape index (κ1) is 23.2. The van der Waals surface area contributed by atoms with E-state index in [-0.39, 0.29) is 49.7 Å². The highest BCUT2D eigenvalue weighted by Crippen LogP contribution is 2.33. The summed E-state index contributed by atoms with van der Waals surface area (Å²) in [4.78, 5) is 27.5. The van der Waals surface area contributed by atoms with Gasteiger partial charge in [0.1, 0.15) is 12.6 Å². The fourth-order valence-electron chi connectivity index (χ4n) is 3.47. The molecule has 1 heterocycles. The molecule has 1 saturated heterocycles. The highest BCUT2D eigenvalue weighted by Gasteiger charge is 2.38. The predicted molar refractivity (Wildman–Crippen MR) is 103 cm³/mol. The first-order valence-corrected chi connectivity index (χ1v) is 9.82. The summed E-state index contributed by atoms with van der Waals surface area (Å²) in [7, 11) is 0. The second kappa shape index (κ2) is 10.2. The summed E-state index contributed by atoms with van der Waals surface area (Å²) in [6.07, 6.45) is -1.29. The Bertz CT molecular complexity index is 794. The van der Waals surface area contributed by atoms with E-state index in [2.05, 4.69) is 10.1 Å². The van der Waals surface area contributed by atoms with Gasteiger partial charge in [-0.1, -0.05) is 0 Å². The zero-order valence-corrected chi connectivity index (χ0v) is 16.6. The molecule has 1 aliphatic carbocycles. The van der Waals surface area contributed by atoms with Gasteiger partial charge in [-0.2, -0.15) is 8.78 Å². The number of carbonyl (C=O) groups is 2. The molecule has 172 valence electrons. The lowest BCUT2D eigenvalue weighted by molar-refractivity contribution is -0.125. The molecule has 1 atom stereocenters. The molecule has 0 unspecified atom stereocenters. The molecule has 1 saturated carbocycles. The van der Waals surface area contributed by atoms with Gasteiger partial charge in [0.05, 0.1) is 18.8 Å². The van der Waals surface area contributed by atoms with E-state index in [9.17, 15) is 27.2 Å². The minimum Gasteiger partial charge on any atom is -0.433 e. The van der Waals surface area contributed by atoms with E-state index >= 15 is 0 Å². The number of nitrogens with one attached hydrogen (secondary N) is 1. The average Bonchev–Trinajstić information content (AvgIpc) is 3.54. The minimum absolute atomic E-state index is 0.0824. The van der Waals surface area contributed by atoms with Crippen molar-refractivity contribution in [2.45, 2.75) is 38.0 Å². The summed E-state index contributed by atoms with van der Waals surface area (Å²) >= 11 is 0. The third-order valence-electron chi connectivity index (χ3n) is 5.03. The number of alkyl halides is 4. The number of nitrogens with two attached hydrogens (primary N) is 1. The number of hydrogen-bond acceptors (Lipinski definition) is 6. The van der Waals surface area contributed by atoms with Crippen molar-refractivity contribution < 1.29 is 36.6 Å². The van der Waals surface area contributed by atoms with E-state index in [1.165, 1.54) is 28.0 Å². The Kier molecular flexibility index (Phi) is 7.68. The van der Waals surface area contributed by atoms with Gasteiger partial charge in [0.15, 0.2) is 5.75 Å². The zero-order valence-electron chi connectivity index (χ0n) is 16.6. The Morgan fingerprint density at radius 3 is 2.65 bits per heavy atom. The van der Waals surface area contributed by atoms with Crippen LogP contribution >= 0.6 is 0 Å². The fraction of sp³-hybridized carbons (Fsp3) is 0.579. The summed E-state index contributed by atoms with van der Waals surface area (Å²) in [5.41, 5.74) is 5.89. The lowest BCUT2D eigenvalue weighted by Crippen LogP contribution is -2.51. The molecular formula is C19H24F4N4O4. The molecule has 3 rings (SSSR count). The number of ether oxygens (including phenoxy) is 2. The standard InChI is InChI=1S/C19H24F4N4O4/c20-16(21)9-27(11-1-2-11)14(8-24)18(29)25-13-4-3-12(7-15(13)31-19(22)23)26-5-6-30-10-17(26)28/h3-4,7,11,14,16,19H,1-2,5-6,8-10,24H2,(H,25,29)/t14-/m0/s1. The highest BCUT2D eigenvalue weighted by atomic mass is 19.3. The number of hydrogen-bond donors (Lipinski definition) is 2. The number of rotatable bonds is 10. The van der Waals surface area contributed by atoms with E-state index in [4.69, 9.17) is 10.5 Å². The van der Waals surface area contributed by atoms with Gasteiger partial charge in [0.25, 0.3) is 12.3 Å². The van der Waals surface area contributed by atoms with Crippen LogP contribution in [0.15, 0.2) is 18.2 Å². The number of morpholine rings is 1. The molecule has 1 aromatic carbocycles. The lowest BCUT2D eigenvalue weighted by Gasteiger charge is -2.30. The number of anilines is 2. The molecule has 2 aliphatic rings. The van der Waals surface area contributed by atoms with E-state index in [1.807, 2.05) is 0 Å². The van der Waals surface area contributed by atoms with Crippen molar-refractivity contribution in [1.29, 1.82) is 0 Å². The van der Waals surface area contributed by atoms with E-state index in [1.54, 1.807) is 0 Å². The Labute approximate surface area is 176 Å². The van der Waals surface area contributed by atoms with Crippen LogP contribution < -0.4 is 20.7 Å². The van der Waals surface area contributed by atoms with Crippen molar-refractivity contribution in [2.24, 2.45) is 5.73 Å². The quantitative estimate of drug-likeness (QED) is 0.529. The van der Waals surface area contributed by atoms with Crippen molar-refractivity contribution in [3.8, 4) is 5.75 Å². The molecule has 3 N–H and O–H groups in total. The third-order valence-corrected chi connectivity index (χ3v) is 5.03. The van der Waals surface area contributed by atoms with Crippen LogP contribution in [0.5, 0.6) is 5.75 Å². The van der Waals surface area contributed by atoms with Gasteiger partial charge < -0.3 is 25.4 Å². The fourth-order valence-corrected chi connectivity index (χ4v) is 3.47. The van der Waals surface area contributed by atoms with Gasteiger partial charge in [0.2, 0.25) is 5.91 Å². The van der Waals surface area contributed by atoms with Gasteiger partial charge in [-0.15, -0.1) is 0 Å². The number of carbonyl (C=O) groups excluding carboxylic acids is 2. The molecule has 8 nitrogen and oxygen atoms in total. The van der Waals surface area contributed by atoms with Gasteiger partial charge in [0, 0.05) is 30.9 Å². The summed E-state index contributed by atoms with van der Waals surface area (Å²) in [6, 6.07) is 2.77. The van der Waals surface area contributed by atoms with Crippen molar-refractivity contribution in [1.82, 2.24) is 4.90 Å². The van der Waals surface area contributed by atoms with Crippen molar-refractivity contribution in [2.75, 3.05) is 43.1 Å². The van der Waals surface area contributed by atoms with E-state index in [0.717, 1.165) is 0 Å². The normalized spacial score (nSPS) is 18.1. The number of benzene rings is 1. The Morgan fingerprint density at radius 1 is 1.32 bits per heavy atom. The van der Waals surface area contributed by atoms with Crippen LogP contribution in [0.4, 0.5) is 28.9 Å². The molecule has 2 fully saturated rings. The van der Waals surface area contributed by atoms with Crippen molar-refractivity contribution >= 4 is 23.2 Å². The molecule has 0 aromatic heterocycles. The summed E-state index contributed by atoms with van der Waals surface area (Å²) in [5, 5.41) is 2.45.